The van der Waals surface area contributed by atoms with Crippen LogP contribution >= 0.6 is 12.6 Å². The van der Waals surface area contributed by atoms with Gasteiger partial charge in [-0.15, -0.1) is 0 Å². The molecule has 0 aliphatic heterocycles. The van der Waals surface area contributed by atoms with Crippen molar-refractivity contribution in [2.45, 2.75) is 6.54 Å². The fraction of sp³-hybridized carbons (Fsp3) is 0.429. The predicted octanol–water partition coefficient (Wildman–Crippen LogP) is -0.0709. The molecule has 0 fully saturated rings. The van der Waals surface area contributed by atoms with Gasteiger partial charge in [0.1, 0.15) is 0 Å². The first-order chi connectivity index (χ1) is 5.83. The largest absolute Gasteiger partial charge is 0.354 e. The van der Waals surface area contributed by atoms with Crippen LogP contribution in [0.25, 0.3) is 0 Å². The summed E-state index contributed by atoms with van der Waals surface area (Å²) in [6.07, 6.45) is 3.56. The van der Waals surface area contributed by atoms with Gasteiger partial charge in [-0.3, -0.25) is 9.48 Å². The summed E-state index contributed by atoms with van der Waals surface area (Å²) in [5.41, 5.74) is 0. The molecule has 0 aliphatic rings. The van der Waals surface area contributed by atoms with Crippen LogP contribution in [0, 0.1) is 0 Å². The third-order valence-corrected chi connectivity index (χ3v) is 1.65. The Balaban J connectivity index is 2.15. The number of hydrogen-bond acceptors (Lipinski definition) is 3. The molecule has 0 radical (unpaired) electrons. The number of amides is 1. The van der Waals surface area contributed by atoms with E-state index in [0.29, 0.717) is 13.1 Å². The molecule has 4 nitrogen and oxygen atoms in total. The summed E-state index contributed by atoms with van der Waals surface area (Å²) in [5.74, 6) is 0.185. The van der Waals surface area contributed by atoms with E-state index in [0.717, 1.165) is 0 Å². The zero-order valence-electron chi connectivity index (χ0n) is 6.60. The first-order valence-electron chi connectivity index (χ1n) is 3.68. The molecule has 1 aromatic rings. The van der Waals surface area contributed by atoms with Crippen LogP contribution in [0.15, 0.2) is 18.5 Å². The molecule has 5 heteroatoms. The number of carbonyl (C=O) groups is 1. The van der Waals surface area contributed by atoms with Gasteiger partial charge in [0.15, 0.2) is 0 Å². The second-order valence-electron chi connectivity index (χ2n) is 2.28. The van der Waals surface area contributed by atoms with Gasteiger partial charge in [0.05, 0.1) is 12.3 Å². The maximum absolute atomic E-state index is 10.7. The molecule has 0 aliphatic carbocycles. The summed E-state index contributed by atoms with van der Waals surface area (Å²) in [6, 6.07) is 1.85. The second kappa shape index (κ2) is 4.82. The highest BCUT2D eigenvalue weighted by Gasteiger charge is 1.95. The number of nitrogens with zero attached hydrogens (tertiary/aromatic N) is 2. The van der Waals surface area contributed by atoms with Gasteiger partial charge >= 0.3 is 0 Å². The summed E-state index contributed by atoms with van der Waals surface area (Å²) in [6.45, 7) is 1.30. The maximum Gasteiger partial charge on any atom is 0.229 e. The molecule has 0 atom stereocenters. The number of carbonyl (C=O) groups excluding carboxylic acids is 1. The highest BCUT2D eigenvalue weighted by atomic mass is 32.1. The van der Waals surface area contributed by atoms with Crippen molar-refractivity contribution in [3.63, 3.8) is 0 Å². The SMILES string of the molecule is O=C(CS)NCCn1cccn1. The average Bonchev–Trinajstić information content (AvgIpc) is 2.57. The number of aromatic nitrogens is 2. The van der Waals surface area contributed by atoms with Crippen LogP contribution in [-0.4, -0.2) is 28.0 Å². The summed E-state index contributed by atoms with van der Waals surface area (Å²) in [4.78, 5) is 10.7. The van der Waals surface area contributed by atoms with Crippen LogP contribution in [0.1, 0.15) is 0 Å². The molecule has 66 valence electrons. The highest BCUT2D eigenvalue weighted by Crippen LogP contribution is 1.82. The topological polar surface area (TPSA) is 46.9 Å². The number of rotatable bonds is 4. The molecule has 1 heterocycles. The van der Waals surface area contributed by atoms with Crippen LogP contribution in [0.5, 0.6) is 0 Å². The van der Waals surface area contributed by atoms with Crippen molar-refractivity contribution in [2.75, 3.05) is 12.3 Å². The molecule has 0 unspecified atom stereocenters. The summed E-state index contributed by atoms with van der Waals surface area (Å²) in [5, 5.41) is 6.68. The van der Waals surface area contributed by atoms with Crippen LogP contribution < -0.4 is 5.32 Å². The molecule has 1 rings (SSSR count). The van der Waals surface area contributed by atoms with E-state index in [1.807, 2.05) is 12.3 Å². The summed E-state index contributed by atoms with van der Waals surface area (Å²) in [7, 11) is 0. The van der Waals surface area contributed by atoms with E-state index in [4.69, 9.17) is 0 Å². The molecular weight excluding hydrogens is 174 g/mol. The minimum Gasteiger partial charge on any atom is -0.354 e. The molecule has 1 aromatic heterocycles. The van der Waals surface area contributed by atoms with Crippen molar-refractivity contribution in [2.24, 2.45) is 0 Å². The Kier molecular flexibility index (Phi) is 3.66. The Labute approximate surface area is 76.4 Å². The Morgan fingerprint density at radius 1 is 1.67 bits per heavy atom. The fourth-order valence-electron chi connectivity index (χ4n) is 0.798. The zero-order valence-corrected chi connectivity index (χ0v) is 7.50. The van der Waals surface area contributed by atoms with E-state index in [1.165, 1.54) is 0 Å². The lowest BCUT2D eigenvalue weighted by molar-refractivity contribution is -0.118. The first-order valence-corrected chi connectivity index (χ1v) is 4.31. The number of nitrogens with one attached hydrogen (secondary N) is 1. The van der Waals surface area contributed by atoms with Crippen LogP contribution in [-0.2, 0) is 11.3 Å². The minimum absolute atomic E-state index is 0.0505. The lowest BCUT2D eigenvalue weighted by atomic mass is 10.6. The fourth-order valence-corrected chi connectivity index (χ4v) is 0.910. The van der Waals surface area contributed by atoms with E-state index in [-0.39, 0.29) is 11.7 Å². The molecular formula is C7H11N3OS. The third-order valence-electron chi connectivity index (χ3n) is 1.37. The van der Waals surface area contributed by atoms with Crippen molar-refractivity contribution in [3.05, 3.63) is 18.5 Å². The zero-order chi connectivity index (χ0) is 8.81. The Hall–Kier alpha value is -0.970. The normalized spacial score (nSPS) is 9.75. The molecule has 0 aromatic carbocycles. The van der Waals surface area contributed by atoms with Crippen molar-refractivity contribution in [1.82, 2.24) is 15.1 Å². The van der Waals surface area contributed by atoms with E-state index < -0.39 is 0 Å². The van der Waals surface area contributed by atoms with Crippen molar-refractivity contribution in [3.8, 4) is 0 Å². The number of hydrogen-bond donors (Lipinski definition) is 2. The van der Waals surface area contributed by atoms with Crippen LogP contribution in [0.4, 0.5) is 0 Å². The van der Waals surface area contributed by atoms with Gasteiger partial charge in [-0.05, 0) is 6.07 Å². The molecule has 0 saturated carbocycles. The Bertz CT molecular complexity index is 235. The molecule has 1 amide bonds. The number of thiol groups is 1. The second-order valence-corrected chi connectivity index (χ2v) is 2.59. The summed E-state index contributed by atoms with van der Waals surface area (Å²) >= 11 is 3.83. The Morgan fingerprint density at radius 3 is 3.08 bits per heavy atom. The molecule has 0 spiro atoms. The van der Waals surface area contributed by atoms with Gasteiger partial charge in [-0.25, -0.2) is 0 Å². The van der Waals surface area contributed by atoms with Crippen molar-refractivity contribution < 1.29 is 4.79 Å². The lowest BCUT2D eigenvalue weighted by Gasteiger charge is -2.02. The van der Waals surface area contributed by atoms with Crippen molar-refractivity contribution >= 4 is 18.5 Å². The highest BCUT2D eigenvalue weighted by molar-refractivity contribution is 7.81. The van der Waals surface area contributed by atoms with Gasteiger partial charge in [-0.2, -0.15) is 17.7 Å². The first kappa shape index (κ1) is 9.12. The van der Waals surface area contributed by atoms with Gasteiger partial charge in [0.25, 0.3) is 0 Å². The average molecular weight is 185 g/mol. The molecule has 1 N–H and O–H groups in total. The van der Waals surface area contributed by atoms with Crippen LogP contribution in [0.2, 0.25) is 0 Å². The van der Waals surface area contributed by atoms with Crippen molar-refractivity contribution in [1.29, 1.82) is 0 Å². The predicted molar refractivity (Wildman–Crippen MR) is 49.1 cm³/mol. The quantitative estimate of drug-likeness (QED) is 0.645. The van der Waals surface area contributed by atoms with E-state index >= 15 is 0 Å². The Morgan fingerprint density at radius 2 is 2.50 bits per heavy atom. The maximum atomic E-state index is 10.7. The third kappa shape index (κ3) is 2.96. The summed E-state index contributed by atoms with van der Waals surface area (Å²) < 4.78 is 1.76. The van der Waals surface area contributed by atoms with Gasteiger partial charge in [0, 0.05) is 18.9 Å². The smallest absolute Gasteiger partial charge is 0.229 e. The molecule has 0 bridgehead atoms. The van der Waals surface area contributed by atoms with E-state index in [2.05, 4.69) is 23.0 Å². The van der Waals surface area contributed by atoms with Gasteiger partial charge in [0.2, 0.25) is 5.91 Å². The molecule has 0 saturated heterocycles. The van der Waals surface area contributed by atoms with Gasteiger partial charge < -0.3 is 5.32 Å². The standard InChI is InChI=1S/C7H11N3OS/c11-7(6-12)8-3-5-10-4-1-2-9-10/h1-2,4,12H,3,5-6H2,(H,8,11). The minimum atomic E-state index is -0.0505. The molecule has 12 heavy (non-hydrogen) atoms. The van der Waals surface area contributed by atoms with E-state index in [1.54, 1.807) is 10.9 Å². The lowest BCUT2D eigenvalue weighted by Crippen LogP contribution is -2.28. The van der Waals surface area contributed by atoms with E-state index in [9.17, 15) is 4.79 Å². The van der Waals surface area contributed by atoms with Gasteiger partial charge in [-0.1, -0.05) is 0 Å². The van der Waals surface area contributed by atoms with Crippen LogP contribution in [0.3, 0.4) is 0 Å². The monoisotopic (exact) mass is 185 g/mol.